The Labute approximate surface area is 96.0 Å². The third-order valence-electron chi connectivity index (χ3n) is 2.24. The molecule has 0 spiro atoms. The molecule has 15 heavy (non-hydrogen) atoms. The smallest absolute Gasteiger partial charge is 0.272 e. The number of hydrogen-bond acceptors (Lipinski definition) is 4. The van der Waals surface area contributed by atoms with E-state index in [1.165, 1.54) is 0 Å². The molecule has 1 aliphatic rings. The summed E-state index contributed by atoms with van der Waals surface area (Å²) < 4.78 is 5.05. The lowest BCUT2D eigenvalue weighted by Crippen LogP contribution is -2.25. The van der Waals surface area contributed by atoms with Crippen LogP contribution in [0.15, 0.2) is 4.52 Å². The zero-order chi connectivity index (χ0) is 11.0. The number of nitrogens with zero attached hydrogens (tertiary/aromatic N) is 3. The van der Waals surface area contributed by atoms with Gasteiger partial charge in [-0.15, -0.1) is 0 Å². The molecule has 1 aliphatic heterocycles. The van der Waals surface area contributed by atoms with Crippen molar-refractivity contribution in [2.24, 2.45) is 0 Å². The minimum absolute atomic E-state index is 0.0352. The molecule has 0 radical (unpaired) electrons. The molecule has 2 rings (SSSR count). The summed E-state index contributed by atoms with van der Waals surface area (Å²) in [6, 6.07) is 0. The average molecular weight is 274 g/mol. The Hall–Kier alpha value is -0.910. The molecule has 2 heterocycles. The summed E-state index contributed by atoms with van der Waals surface area (Å²) in [6.45, 7) is 4.54. The number of anilines is 1. The molecular weight excluding hydrogens is 262 g/mol. The summed E-state index contributed by atoms with van der Waals surface area (Å²) in [5.74, 6) is 1.16. The van der Waals surface area contributed by atoms with Gasteiger partial charge in [0.1, 0.15) is 0 Å². The van der Waals surface area contributed by atoms with Gasteiger partial charge in [-0.1, -0.05) is 29.8 Å². The summed E-state index contributed by atoms with van der Waals surface area (Å²) in [5.41, 5.74) is 0. The fraction of sp³-hybridized carbons (Fsp3) is 0.667. The largest absolute Gasteiger partial charge is 0.337 e. The molecule has 0 bridgehead atoms. The Kier molecular flexibility index (Phi) is 2.77. The predicted octanol–water partition coefficient (Wildman–Crippen LogP) is 1.69. The average Bonchev–Trinajstić information content (AvgIpc) is 2.71. The Morgan fingerprint density at radius 2 is 2.33 bits per heavy atom. The number of alkyl halides is 1. The summed E-state index contributed by atoms with van der Waals surface area (Å²) in [7, 11) is 0. The van der Waals surface area contributed by atoms with E-state index in [0.717, 1.165) is 0 Å². The molecule has 1 fully saturated rings. The van der Waals surface area contributed by atoms with Gasteiger partial charge in [-0.3, -0.25) is 9.69 Å². The van der Waals surface area contributed by atoms with Crippen LogP contribution in [0.25, 0.3) is 0 Å². The van der Waals surface area contributed by atoms with E-state index in [9.17, 15) is 4.79 Å². The molecule has 1 saturated heterocycles. The van der Waals surface area contributed by atoms with Crippen molar-refractivity contribution in [1.82, 2.24) is 10.1 Å². The van der Waals surface area contributed by atoms with Gasteiger partial charge in [-0.25, -0.2) is 0 Å². The first kappa shape index (κ1) is 10.6. The number of halogens is 1. The van der Waals surface area contributed by atoms with Gasteiger partial charge in [0.05, 0.1) is 0 Å². The number of carbonyl (C=O) groups is 1. The van der Waals surface area contributed by atoms with Crippen molar-refractivity contribution in [1.29, 1.82) is 0 Å². The highest BCUT2D eigenvalue weighted by Gasteiger charge is 2.32. The van der Waals surface area contributed by atoms with Crippen molar-refractivity contribution >= 4 is 27.8 Å². The third kappa shape index (κ3) is 2.04. The van der Waals surface area contributed by atoms with Crippen molar-refractivity contribution in [3.05, 3.63) is 5.89 Å². The van der Waals surface area contributed by atoms with E-state index in [1.807, 2.05) is 13.8 Å². The molecule has 0 aromatic carbocycles. The van der Waals surface area contributed by atoms with Crippen molar-refractivity contribution < 1.29 is 9.32 Å². The molecule has 5 nitrogen and oxygen atoms in total. The minimum Gasteiger partial charge on any atom is -0.337 e. The highest BCUT2D eigenvalue weighted by atomic mass is 79.9. The molecule has 1 aromatic rings. The van der Waals surface area contributed by atoms with E-state index in [4.69, 9.17) is 4.52 Å². The minimum atomic E-state index is 0.0352. The first-order valence-corrected chi connectivity index (χ1v) is 5.77. The monoisotopic (exact) mass is 273 g/mol. The molecular formula is C9H12BrN3O2. The van der Waals surface area contributed by atoms with Crippen molar-refractivity contribution in [2.75, 3.05) is 11.4 Å². The molecule has 0 saturated carbocycles. The fourth-order valence-electron chi connectivity index (χ4n) is 1.43. The molecule has 1 aromatic heterocycles. The summed E-state index contributed by atoms with van der Waals surface area (Å²) >= 11 is 3.40. The van der Waals surface area contributed by atoms with Crippen molar-refractivity contribution in [2.45, 2.75) is 31.0 Å². The SMILES string of the molecule is CC(C)c1nc(N2CC(Br)CC2=O)no1. The van der Waals surface area contributed by atoms with Gasteiger partial charge < -0.3 is 4.52 Å². The maximum atomic E-state index is 11.5. The van der Waals surface area contributed by atoms with Crippen LogP contribution >= 0.6 is 15.9 Å². The standard InChI is InChI=1S/C9H12BrN3O2/c1-5(2)8-11-9(12-15-8)13-4-6(10)3-7(13)14/h5-6H,3-4H2,1-2H3. The van der Waals surface area contributed by atoms with E-state index < -0.39 is 0 Å². The molecule has 82 valence electrons. The predicted molar refractivity (Wildman–Crippen MR) is 58.1 cm³/mol. The summed E-state index contributed by atoms with van der Waals surface area (Å²) in [4.78, 5) is 17.5. The molecule has 0 N–H and O–H groups in total. The molecule has 1 amide bonds. The first-order chi connectivity index (χ1) is 7.08. The van der Waals surface area contributed by atoms with Gasteiger partial charge in [0, 0.05) is 23.7 Å². The lowest BCUT2D eigenvalue weighted by atomic mass is 10.2. The van der Waals surface area contributed by atoms with Crippen LogP contribution in [-0.4, -0.2) is 27.4 Å². The molecule has 6 heteroatoms. The molecule has 0 aliphatic carbocycles. The van der Waals surface area contributed by atoms with Crippen molar-refractivity contribution in [3.63, 3.8) is 0 Å². The highest BCUT2D eigenvalue weighted by Crippen LogP contribution is 2.24. The number of rotatable bonds is 2. The van der Waals surface area contributed by atoms with Gasteiger partial charge in [-0.05, 0) is 5.16 Å². The Balaban J connectivity index is 2.19. The lowest BCUT2D eigenvalue weighted by molar-refractivity contribution is -0.117. The van der Waals surface area contributed by atoms with E-state index in [1.54, 1.807) is 4.90 Å². The van der Waals surface area contributed by atoms with Crippen LogP contribution in [0.1, 0.15) is 32.1 Å². The zero-order valence-electron chi connectivity index (χ0n) is 8.61. The molecule has 1 atom stereocenters. The molecule has 1 unspecified atom stereocenters. The zero-order valence-corrected chi connectivity index (χ0v) is 10.2. The van der Waals surface area contributed by atoms with Crippen LogP contribution in [-0.2, 0) is 4.79 Å². The maximum Gasteiger partial charge on any atom is 0.272 e. The normalized spacial score (nSPS) is 21.7. The maximum absolute atomic E-state index is 11.5. The van der Waals surface area contributed by atoms with E-state index >= 15 is 0 Å². The third-order valence-corrected chi connectivity index (χ3v) is 2.86. The summed E-state index contributed by atoms with van der Waals surface area (Å²) in [6.07, 6.45) is 0.492. The lowest BCUT2D eigenvalue weighted by Gasteiger charge is -2.08. The number of hydrogen-bond donors (Lipinski definition) is 0. The second-order valence-corrected chi connectivity index (χ2v) is 5.19. The van der Waals surface area contributed by atoms with Crippen LogP contribution in [0.5, 0.6) is 0 Å². The van der Waals surface area contributed by atoms with Gasteiger partial charge in [0.15, 0.2) is 0 Å². The second kappa shape index (κ2) is 3.92. The van der Waals surface area contributed by atoms with Gasteiger partial charge in [0.25, 0.3) is 5.95 Å². The Bertz CT molecular complexity index is 377. The Morgan fingerprint density at radius 1 is 1.60 bits per heavy atom. The van der Waals surface area contributed by atoms with Crippen molar-refractivity contribution in [3.8, 4) is 0 Å². The number of amides is 1. The number of carbonyl (C=O) groups excluding carboxylic acids is 1. The number of aromatic nitrogens is 2. The van der Waals surface area contributed by atoms with Gasteiger partial charge in [0.2, 0.25) is 11.8 Å². The topological polar surface area (TPSA) is 59.2 Å². The van der Waals surface area contributed by atoms with Gasteiger partial charge >= 0.3 is 0 Å². The van der Waals surface area contributed by atoms with Crippen LogP contribution in [0.4, 0.5) is 5.95 Å². The highest BCUT2D eigenvalue weighted by molar-refractivity contribution is 9.09. The quantitative estimate of drug-likeness (QED) is 0.770. The Morgan fingerprint density at radius 3 is 2.80 bits per heavy atom. The van der Waals surface area contributed by atoms with E-state index in [2.05, 4.69) is 26.1 Å². The van der Waals surface area contributed by atoms with Crippen LogP contribution in [0, 0.1) is 0 Å². The van der Waals surface area contributed by atoms with E-state index in [0.29, 0.717) is 24.8 Å². The fourth-order valence-corrected chi connectivity index (χ4v) is 1.99. The second-order valence-electron chi connectivity index (χ2n) is 3.89. The first-order valence-electron chi connectivity index (χ1n) is 4.86. The van der Waals surface area contributed by atoms with Crippen LogP contribution in [0.2, 0.25) is 0 Å². The summed E-state index contributed by atoms with van der Waals surface area (Å²) in [5, 5.41) is 3.80. The van der Waals surface area contributed by atoms with Gasteiger partial charge in [-0.2, -0.15) is 4.98 Å². The van der Waals surface area contributed by atoms with E-state index in [-0.39, 0.29) is 16.7 Å². The van der Waals surface area contributed by atoms with Crippen LogP contribution < -0.4 is 4.90 Å². The van der Waals surface area contributed by atoms with Crippen LogP contribution in [0.3, 0.4) is 0 Å².